The van der Waals surface area contributed by atoms with E-state index in [2.05, 4.69) is 10.5 Å². The minimum Gasteiger partial charge on any atom is -0.267 e. The first-order chi connectivity index (χ1) is 9.58. The van der Waals surface area contributed by atoms with Crippen molar-refractivity contribution in [1.29, 1.82) is 0 Å². The Morgan fingerprint density at radius 2 is 1.80 bits per heavy atom. The zero-order valence-electron chi connectivity index (χ0n) is 10.1. The van der Waals surface area contributed by atoms with Gasteiger partial charge in [0.25, 0.3) is 5.91 Å². The summed E-state index contributed by atoms with van der Waals surface area (Å²) in [5, 5.41) is 4.93. The number of carbonyl (C=O) groups is 1. The second-order valence-corrected chi connectivity index (χ2v) is 5.08. The van der Waals surface area contributed by atoms with Gasteiger partial charge in [0.05, 0.1) is 16.3 Å². The molecule has 2 aromatic rings. The van der Waals surface area contributed by atoms with E-state index in [-0.39, 0.29) is 5.91 Å². The molecule has 0 unspecified atom stereocenters. The van der Waals surface area contributed by atoms with E-state index in [0.717, 1.165) is 0 Å². The van der Waals surface area contributed by atoms with Crippen LogP contribution in [0.5, 0.6) is 0 Å². The van der Waals surface area contributed by atoms with Gasteiger partial charge >= 0.3 is 0 Å². The molecule has 102 valence electrons. The highest BCUT2D eigenvalue weighted by atomic mass is 35.5. The van der Waals surface area contributed by atoms with Crippen molar-refractivity contribution in [3.63, 3.8) is 0 Å². The highest BCUT2D eigenvalue weighted by Gasteiger charge is 2.06. The number of amides is 1. The Kier molecular flexibility index (Phi) is 5.01. The van der Waals surface area contributed by atoms with Crippen molar-refractivity contribution >= 4 is 46.9 Å². The molecule has 0 saturated heterocycles. The summed E-state index contributed by atoms with van der Waals surface area (Å²) in [6, 6.07) is 11.9. The smallest absolute Gasteiger partial charge is 0.267 e. The predicted octanol–water partition coefficient (Wildman–Crippen LogP) is 4.41. The highest BCUT2D eigenvalue weighted by Crippen LogP contribution is 2.28. The number of hydrogen-bond donors (Lipinski definition) is 1. The summed E-state index contributed by atoms with van der Waals surface area (Å²) in [4.78, 5) is 11.7. The van der Waals surface area contributed by atoms with Gasteiger partial charge in [0.1, 0.15) is 0 Å². The van der Waals surface area contributed by atoms with Gasteiger partial charge in [-0.1, -0.05) is 53.0 Å². The van der Waals surface area contributed by atoms with Gasteiger partial charge in [0.2, 0.25) is 0 Å². The van der Waals surface area contributed by atoms with Gasteiger partial charge in [-0.25, -0.2) is 5.43 Å². The molecule has 0 aromatic heterocycles. The Hall–Kier alpha value is -1.55. The molecule has 0 heterocycles. The molecule has 3 nitrogen and oxygen atoms in total. The van der Waals surface area contributed by atoms with Crippen LogP contribution in [0, 0.1) is 0 Å². The fourth-order valence-electron chi connectivity index (χ4n) is 1.48. The molecule has 0 aliphatic carbocycles. The lowest BCUT2D eigenvalue weighted by Crippen LogP contribution is -2.17. The third-order valence-corrected chi connectivity index (χ3v) is 3.46. The Labute approximate surface area is 131 Å². The van der Waals surface area contributed by atoms with Crippen molar-refractivity contribution in [2.75, 3.05) is 0 Å². The zero-order chi connectivity index (χ0) is 14.5. The summed E-state index contributed by atoms with van der Waals surface area (Å²) in [6.07, 6.45) is 1.39. The van der Waals surface area contributed by atoms with E-state index >= 15 is 0 Å². The first kappa shape index (κ1) is 14.9. The normalized spacial score (nSPS) is 10.8. The maximum atomic E-state index is 11.7. The maximum absolute atomic E-state index is 11.7. The molecule has 0 aliphatic rings. The van der Waals surface area contributed by atoms with E-state index in [9.17, 15) is 4.79 Å². The van der Waals surface area contributed by atoms with Gasteiger partial charge in [-0.2, -0.15) is 5.10 Å². The SMILES string of the molecule is O=C(NN=Cc1cc(Cl)cc(Cl)c1Cl)c1ccccc1. The van der Waals surface area contributed by atoms with E-state index in [4.69, 9.17) is 34.8 Å². The van der Waals surface area contributed by atoms with Gasteiger partial charge in [-0.15, -0.1) is 0 Å². The number of nitrogens with zero attached hydrogens (tertiary/aromatic N) is 1. The Bertz CT molecular complexity index is 657. The van der Waals surface area contributed by atoms with E-state index in [0.29, 0.717) is 26.2 Å². The van der Waals surface area contributed by atoms with Gasteiger partial charge in [0.15, 0.2) is 0 Å². The molecule has 0 fully saturated rings. The summed E-state index contributed by atoms with van der Waals surface area (Å²) < 4.78 is 0. The Morgan fingerprint density at radius 1 is 1.10 bits per heavy atom. The summed E-state index contributed by atoms with van der Waals surface area (Å²) in [6.45, 7) is 0. The number of halogens is 3. The van der Waals surface area contributed by atoms with Crippen LogP contribution >= 0.6 is 34.8 Å². The molecule has 1 amide bonds. The van der Waals surface area contributed by atoms with Crippen LogP contribution < -0.4 is 5.43 Å². The molecule has 0 bridgehead atoms. The largest absolute Gasteiger partial charge is 0.271 e. The van der Waals surface area contributed by atoms with Gasteiger partial charge in [0, 0.05) is 16.1 Å². The number of hydrogen-bond acceptors (Lipinski definition) is 2. The topological polar surface area (TPSA) is 41.5 Å². The number of hydrazone groups is 1. The maximum Gasteiger partial charge on any atom is 0.271 e. The third-order valence-electron chi connectivity index (χ3n) is 2.43. The quantitative estimate of drug-likeness (QED) is 0.506. The fraction of sp³-hybridized carbons (Fsp3) is 0. The van der Waals surface area contributed by atoms with Crippen LogP contribution in [0.2, 0.25) is 15.1 Å². The fourth-order valence-corrected chi connectivity index (χ4v) is 2.15. The van der Waals surface area contributed by atoms with E-state index < -0.39 is 0 Å². The van der Waals surface area contributed by atoms with E-state index in [1.165, 1.54) is 12.3 Å². The lowest BCUT2D eigenvalue weighted by molar-refractivity contribution is 0.0955. The molecular formula is C14H9Cl3N2O. The number of carbonyl (C=O) groups excluding carboxylic acids is 1. The first-order valence-electron chi connectivity index (χ1n) is 5.61. The zero-order valence-corrected chi connectivity index (χ0v) is 12.4. The minimum atomic E-state index is -0.314. The standard InChI is InChI=1S/C14H9Cl3N2O/c15-11-6-10(13(17)12(16)7-11)8-18-19-14(20)9-4-2-1-3-5-9/h1-8H,(H,19,20). The average Bonchev–Trinajstić information content (AvgIpc) is 2.44. The second kappa shape index (κ2) is 6.75. The van der Waals surface area contributed by atoms with Crippen LogP contribution in [0.1, 0.15) is 15.9 Å². The Balaban J connectivity index is 2.10. The van der Waals surface area contributed by atoms with Crippen LogP contribution in [0.15, 0.2) is 47.6 Å². The summed E-state index contributed by atoms with van der Waals surface area (Å²) in [7, 11) is 0. The first-order valence-corrected chi connectivity index (χ1v) is 6.74. The highest BCUT2D eigenvalue weighted by molar-refractivity contribution is 6.44. The van der Waals surface area contributed by atoms with Crippen molar-refractivity contribution in [1.82, 2.24) is 5.43 Å². The molecule has 2 rings (SSSR count). The van der Waals surface area contributed by atoms with Crippen molar-refractivity contribution in [3.05, 3.63) is 68.7 Å². The van der Waals surface area contributed by atoms with Crippen LogP contribution in [-0.2, 0) is 0 Å². The number of rotatable bonds is 3. The minimum absolute atomic E-state index is 0.314. The molecule has 2 aromatic carbocycles. The number of nitrogens with one attached hydrogen (secondary N) is 1. The Morgan fingerprint density at radius 3 is 2.50 bits per heavy atom. The van der Waals surface area contributed by atoms with Crippen LogP contribution in [0.3, 0.4) is 0 Å². The molecule has 0 radical (unpaired) electrons. The molecular weight excluding hydrogens is 319 g/mol. The van der Waals surface area contributed by atoms with Crippen molar-refractivity contribution in [2.24, 2.45) is 5.10 Å². The molecule has 0 atom stereocenters. The van der Waals surface area contributed by atoms with Gasteiger partial charge in [-0.3, -0.25) is 4.79 Å². The molecule has 0 aliphatic heterocycles. The van der Waals surface area contributed by atoms with Crippen LogP contribution in [0.4, 0.5) is 0 Å². The van der Waals surface area contributed by atoms with Crippen molar-refractivity contribution in [3.8, 4) is 0 Å². The van der Waals surface area contributed by atoms with Crippen LogP contribution in [-0.4, -0.2) is 12.1 Å². The lowest BCUT2D eigenvalue weighted by Gasteiger charge is -2.02. The van der Waals surface area contributed by atoms with E-state index in [1.54, 1.807) is 30.3 Å². The molecule has 6 heteroatoms. The molecule has 20 heavy (non-hydrogen) atoms. The molecule has 0 saturated carbocycles. The predicted molar refractivity (Wildman–Crippen MR) is 83.0 cm³/mol. The van der Waals surface area contributed by atoms with Crippen molar-refractivity contribution < 1.29 is 4.79 Å². The molecule has 0 spiro atoms. The van der Waals surface area contributed by atoms with Gasteiger partial charge in [-0.05, 0) is 24.3 Å². The van der Waals surface area contributed by atoms with Crippen LogP contribution in [0.25, 0.3) is 0 Å². The summed E-state index contributed by atoms with van der Waals surface area (Å²) in [5.74, 6) is -0.314. The lowest BCUT2D eigenvalue weighted by atomic mass is 10.2. The summed E-state index contributed by atoms with van der Waals surface area (Å²) >= 11 is 17.8. The third kappa shape index (κ3) is 3.73. The number of benzene rings is 2. The average molecular weight is 328 g/mol. The monoisotopic (exact) mass is 326 g/mol. The van der Waals surface area contributed by atoms with Gasteiger partial charge < -0.3 is 0 Å². The van der Waals surface area contributed by atoms with E-state index in [1.807, 2.05) is 6.07 Å². The summed E-state index contributed by atoms with van der Waals surface area (Å²) in [5.41, 5.74) is 3.44. The second-order valence-electron chi connectivity index (χ2n) is 3.86. The van der Waals surface area contributed by atoms with Crippen molar-refractivity contribution in [2.45, 2.75) is 0 Å². The molecule has 1 N–H and O–H groups in total.